The molecule has 0 spiro atoms. The molecule has 0 atom stereocenters. The standard InChI is InChI=1S/C15H18N4O/c1-10-12(11(2)20-19-10)6-5-9-16-15-17-13-7-3-4-8-14(13)18-15/h3-4,7-8H,5-6,9H2,1-2H3,(H2,16,17,18). The van der Waals surface area contributed by atoms with Gasteiger partial charge in [0.15, 0.2) is 0 Å². The van der Waals surface area contributed by atoms with Gasteiger partial charge in [-0.2, -0.15) is 0 Å². The molecule has 1 aromatic carbocycles. The predicted octanol–water partition coefficient (Wildman–Crippen LogP) is 3.21. The molecule has 104 valence electrons. The number of imidazole rings is 1. The van der Waals surface area contributed by atoms with E-state index in [1.165, 1.54) is 5.56 Å². The van der Waals surface area contributed by atoms with E-state index in [1.54, 1.807) is 0 Å². The smallest absolute Gasteiger partial charge is 0.201 e. The second-order valence-electron chi connectivity index (χ2n) is 4.94. The normalized spacial score (nSPS) is 11.1. The summed E-state index contributed by atoms with van der Waals surface area (Å²) in [6.07, 6.45) is 1.98. The Balaban J connectivity index is 1.55. The summed E-state index contributed by atoms with van der Waals surface area (Å²) >= 11 is 0. The van der Waals surface area contributed by atoms with Crippen LogP contribution in [0, 0.1) is 13.8 Å². The van der Waals surface area contributed by atoms with Gasteiger partial charge in [0.1, 0.15) is 5.76 Å². The first-order valence-electron chi connectivity index (χ1n) is 6.84. The number of para-hydroxylation sites is 2. The molecular weight excluding hydrogens is 252 g/mol. The van der Waals surface area contributed by atoms with Crippen LogP contribution in [0.4, 0.5) is 5.95 Å². The predicted molar refractivity (Wildman–Crippen MR) is 78.9 cm³/mol. The Labute approximate surface area is 117 Å². The molecule has 0 saturated heterocycles. The van der Waals surface area contributed by atoms with Gasteiger partial charge >= 0.3 is 0 Å². The van der Waals surface area contributed by atoms with E-state index in [4.69, 9.17) is 4.52 Å². The second-order valence-corrected chi connectivity index (χ2v) is 4.94. The summed E-state index contributed by atoms with van der Waals surface area (Å²) in [4.78, 5) is 7.74. The van der Waals surface area contributed by atoms with Crippen LogP contribution in [0.25, 0.3) is 11.0 Å². The molecule has 5 nitrogen and oxygen atoms in total. The number of aromatic nitrogens is 3. The summed E-state index contributed by atoms with van der Waals surface area (Å²) in [7, 11) is 0. The fourth-order valence-corrected chi connectivity index (χ4v) is 2.37. The number of aryl methyl sites for hydroxylation is 2. The molecule has 0 saturated carbocycles. The van der Waals surface area contributed by atoms with E-state index >= 15 is 0 Å². The lowest BCUT2D eigenvalue weighted by Gasteiger charge is -2.02. The van der Waals surface area contributed by atoms with Crippen LogP contribution >= 0.6 is 0 Å². The first-order chi connectivity index (χ1) is 9.74. The Morgan fingerprint density at radius 2 is 2.10 bits per heavy atom. The molecule has 0 radical (unpaired) electrons. The summed E-state index contributed by atoms with van der Waals surface area (Å²) in [5.74, 6) is 1.75. The van der Waals surface area contributed by atoms with Crippen molar-refractivity contribution in [1.29, 1.82) is 0 Å². The van der Waals surface area contributed by atoms with Gasteiger partial charge in [0, 0.05) is 12.1 Å². The highest BCUT2D eigenvalue weighted by Crippen LogP contribution is 2.15. The van der Waals surface area contributed by atoms with Gasteiger partial charge in [-0.05, 0) is 38.8 Å². The van der Waals surface area contributed by atoms with Crippen LogP contribution in [-0.2, 0) is 6.42 Å². The van der Waals surface area contributed by atoms with Crippen molar-refractivity contribution in [2.45, 2.75) is 26.7 Å². The van der Waals surface area contributed by atoms with Gasteiger partial charge < -0.3 is 14.8 Å². The van der Waals surface area contributed by atoms with Crippen molar-refractivity contribution < 1.29 is 4.52 Å². The van der Waals surface area contributed by atoms with Crippen LogP contribution in [0.5, 0.6) is 0 Å². The molecule has 0 unspecified atom stereocenters. The third-order valence-electron chi connectivity index (χ3n) is 3.47. The van der Waals surface area contributed by atoms with E-state index in [9.17, 15) is 0 Å². The zero-order valence-electron chi connectivity index (χ0n) is 11.7. The van der Waals surface area contributed by atoms with Crippen LogP contribution in [0.3, 0.4) is 0 Å². The maximum absolute atomic E-state index is 5.16. The molecule has 0 bridgehead atoms. The minimum Gasteiger partial charge on any atom is -0.361 e. The van der Waals surface area contributed by atoms with Crippen LogP contribution in [-0.4, -0.2) is 21.7 Å². The molecule has 0 aliphatic carbocycles. The molecule has 2 heterocycles. The monoisotopic (exact) mass is 270 g/mol. The Hall–Kier alpha value is -2.30. The number of fused-ring (bicyclic) bond motifs is 1. The minimum absolute atomic E-state index is 0.824. The van der Waals surface area contributed by atoms with E-state index in [1.807, 2.05) is 38.1 Å². The zero-order valence-corrected chi connectivity index (χ0v) is 11.7. The Bertz CT molecular complexity index is 661. The van der Waals surface area contributed by atoms with Crippen LogP contribution in [0.2, 0.25) is 0 Å². The number of H-pyrrole nitrogens is 1. The number of rotatable bonds is 5. The van der Waals surface area contributed by atoms with Crippen LogP contribution < -0.4 is 5.32 Å². The molecule has 0 aliphatic rings. The van der Waals surface area contributed by atoms with E-state index in [0.717, 1.165) is 47.8 Å². The first-order valence-corrected chi connectivity index (χ1v) is 6.84. The molecule has 3 aromatic rings. The summed E-state index contributed by atoms with van der Waals surface area (Å²) in [6, 6.07) is 8.02. The average molecular weight is 270 g/mol. The van der Waals surface area contributed by atoms with E-state index in [-0.39, 0.29) is 0 Å². The lowest BCUT2D eigenvalue weighted by molar-refractivity contribution is 0.392. The molecule has 5 heteroatoms. The molecule has 3 rings (SSSR count). The highest BCUT2D eigenvalue weighted by Gasteiger charge is 2.08. The van der Waals surface area contributed by atoms with E-state index in [0.29, 0.717) is 0 Å². The number of nitrogens with one attached hydrogen (secondary N) is 2. The SMILES string of the molecule is Cc1noc(C)c1CCCNc1nc2ccccc2[nH]1. The van der Waals surface area contributed by atoms with Crippen molar-refractivity contribution in [3.8, 4) is 0 Å². The molecule has 0 amide bonds. The Morgan fingerprint density at radius 1 is 1.25 bits per heavy atom. The Morgan fingerprint density at radius 3 is 2.85 bits per heavy atom. The van der Waals surface area contributed by atoms with Crippen LogP contribution in [0.1, 0.15) is 23.4 Å². The van der Waals surface area contributed by atoms with Gasteiger partial charge in [-0.25, -0.2) is 4.98 Å². The van der Waals surface area contributed by atoms with Gasteiger partial charge in [0.25, 0.3) is 0 Å². The third kappa shape index (κ3) is 2.52. The minimum atomic E-state index is 0.824. The largest absolute Gasteiger partial charge is 0.361 e. The number of nitrogens with zero attached hydrogens (tertiary/aromatic N) is 2. The highest BCUT2D eigenvalue weighted by atomic mass is 16.5. The summed E-state index contributed by atoms with van der Waals surface area (Å²) in [5.41, 5.74) is 4.25. The van der Waals surface area contributed by atoms with Crippen LogP contribution in [0.15, 0.2) is 28.8 Å². The maximum atomic E-state index is 5.16. The van der Waals surface area contributed by atoms with Gasteiger partial charge in [0.05, 0.1) is 16.7 Å². The quantitative estimate of drug-likeness (QED) is 0.699. The number of hydrogen-bond acceptors (Lipinski definition) is 4. The molecule has 2 aromatic heterocycles. The van der Waals surface area contributed by atoms with Gasteiger partial charge in [-0.15, -0.1) is 0 Å². The molecule has 0 aliphatic heterocycles. The summed E-state index contributed by atoms with van der Waals surface area (Å²) in [5, 5.41) is 7.29. The van der Waals surface area contributed by atoms with Gasteiger partial charge in [-0.1, -0.05) is 17.3 Å². The maximum Gasteiger partial charge on any atom is 0.201 e. The number of anilines is 1. The molecule has 0 fully saturated rings. The second kappa shape index (κ2) is 5.36. The van der Waals surface area contributed by atoms with E-state index < -0.39 is 0 Å². The van der Waals surface area contributed by atoms with Crippen molar-refractivity contribution in [2.75, 3.05) is 11.9 Å². The van der Waals surface area contributed by atoms with Crippen molar-refractivity contribution >= 4 is 17.0 Å². The fraction of sp³-hybridized carbons (Fsp3) is 0.333. The average Bonchev–Trinajstić information content (AvgIpc) is 2.99. The van der Waals surface area contributed by atoms with Gasteiger partial charge in [-0.3, -0.25) is 0 Å². The summed E-state index contributed by atoms with van der Waals surface area (Å²) in [6.45, 7) is 4.81. The molecule has 2 N–H and O–H groups in total. The fourth-order valence-electron chi connectivity index (χ4n) is 2.37. The first kappa shape index (κ1) is 12.7. The molecule has 20 heavy (non-hydrogen) atoms. The van der Waals surface area contributed by atoms with Crippen molar-refractivity contribution in [1.82, 2.24) is 15.1 Å². The third-order valence-corrected chi connectivity index (χ3v) is 3.47. The van der Waals surface area contributed by atoms with Crippen molar-refractivity contribution in [3.05, 3.63) is 41.3 Å². The van der Waals surface area contributed by atoms with Crippen molar-refractivity contribution in [3.63, 3.8) is 0 Å². The van der Waals surface area contributed by atoms with E-state index in [2.05, 4.69) is 20.4 Å². The highest BCUT2D eigenvalue weighted by molar-refractivity contribution is 5.77. The van der Waals surface area contributed by atoms with Gasteiger partial charge in [0.2, 0.25) is 5.95 Å². The lowest BCUT2D eigenvalue weighted by atomic mass is 10.1. The zero-order chi connectivity index (χ0) is 13.9. The summed E-state index contributed by atoms with van der Waals surface area (Å²) < 4.78 is 5.16. The number of benzene rings is 1. The number of aromatic amines is 1. The number of hydrogen-bond donors (Lipinski definition) is 2. The lowest BCUT2D eigenvalue weighted by Crippen LogP contribution is -2.04. The molecular formula is C15H18N4O. The topological polar surface area (TPSA) is 66.7 Å². The van der Waals surface area contributed by atoms with Crippen molar-refractivity contribution in [2.24, 2.45) is 0 Å². The Kier molecular flexibility index (Phi) is 3.41.